The molecule has 110 valence electrons. The maximum atomic E-state index is 12.2. The number of aromatic nitrogens is 1. The molecule has 0 saturated carbocycles. The van der Waals surface area contributed by atoms with Gasteiger partial charge in [0, 0.05) is 21.6 Å². The molecule has 0 fully saturated rings. The molecule has 2 aromatic carbocycles. The summed E-state index contributed by atoms with van der Waals surface area (Å²) in [5.74, 6) is -0.440. The smallest absolute Gasteiger partial charge is 0.261 e. The fourth-order valence-electron chi connectivity index (χ4n) is 2.09. The normalized spacial score (nSPS) is 10.6. The number of amides is 1. The number of phenols is 1. The number of hydrogen-bond acceptors (Lipinski definition) is 3. The summed E-state index contributed by atoms with van der Waals surface area (Å²) in [7, 11) is 0. The van der Waals surface area contributed by atoms with E-state index in [-0.39, 0.29) is 11.3 Å². The number of carbonyl (C=O) groups excluding carboxylic acids is 1. The molecule has 1 amide bonds. The fourth-order valence-corrected chi connectivity index (χ4v) is 2.27. The Balaban J connectivity index is 1.98. The number of H-pyrrole nitrogens is 1. The number of benzene rings is 2. The molecule has 6 heteroatoms. The minimum Gasteiger partial charge on any atom is -0.508 e. The predicted molar refractivity (Wildman–Crippen MR) is 85.6 cm³/mol. The van der Waals surface area contributed by atoms with E-state index in [0.717, 1.165) is 0 Å². The van der Waals surface area contributed by atoms with Gasteiger partial charge < -0.3 is 15.4 Å². The summed E-state index contributed by atoms with van der Waals surface area (Å²) in [5, 5.41) is 13.0. The van der Waals surface area contributed by atoms with Crippen molar-refractivity contribution >= 4 is 34.1 Å². The Labute approximate surface area is 130 Å². The minimum atomic E-state index is -0.534. The van der Waals surface area contributed by atoms with E-state index in [0.29, 0.717) is 21.6 Å². The van der Waals surface area contributed by atoms with Crippen LogP contribution in [-0.4, -0.2) is 16.0 Å². The van der Waals surface area contributed by atoms with Crippen molar-refractivity contribution in [1.29, 1.82) is 0 Å². The van der Waals surface area contributed by atoms with Gasteiger partial charge in [0.1, 0.15) is 11.3 Å². The monoisotopic (exact) mass is 314 g/mol. The Morgan fingerprint density at radius 2 is 1.82 bits per heavy atom. The van der Waals surface area contributed by atoms with Crippen molar-refractivity contribution in [3.63, 3.8) is 0 Å². The van der Waals surface area contributed by atoms with Crippen LogP contribution in [0.2, 0.25) is 5.02 Å². The lowest BCUT2D eigenvalue weighted by molar-refractivity contribution is 0.102. The van der Waals surface area contributed by atoms with Crippen LogP contribution >= 0.6 is 11.6 Å². The van der Waals surface area contributed by atoms with Crippen molar-refractivity contribution in [2.75, 3.05) is 5.32 Å². The summed E-state index contributed by atoms with van der Waals surface area (Å²) in [6, 6.07) is 12.5. The van der Waals surface area contributed by atoms with Gasteiger partial charge >= 0.3 is 0 Å². The molecular formula is C16H11ClN2O3. The Hall–Kier alpha value is -2.79. The SMILES string of the molecule is O=C(Nc1ccc(O)cc1)c1cc2cc(Cl)ccc2[nH]c1=O. The Kier molecular flexibility index (Phi) is 3.56. The van der Waals surface area contributed by atoms with Crippen LogP contribution in [0.4, 0.5) is 5.69 Å². The van der Waals surface area contributed by atoms with Crippen LogP contribution in [0.25, 0.3) is 10.9 Å². The van der Waals surface area contributed by atoms with E-state index in [2.05, 4.69) is 10.3 Å². The molecule has 0 bridgehead atoms. The number of phenolic OH excluding ortho intramolecular Hbond substituents is 1. The Morgan fingerprint density at radius 1 is 1.09 bits per heavy atom. The highest BCUT2D eigenvalue weighted by Gasteiger charge is 2.12. The first-order chi connectivity index (χ1) is 10.5. The molecule has 0 aliphatic heterocycles. The van der Waals surface area contributed by atoms with Gasteiger partial charge in [-0.3, -0.25) is 9.59 Å². The zero-order valence-electron chi connectivity index (χ0n) is 11.3. The van der Waals surface area contributed by atoms with Crippen molar-refractivity contribution in [1.82, 2.24) is 4.98 Å². The van der Waals surface area contributed by atoms with Crippen molar-refractivity contribution in [2.24, 2.45) is 0 Å². The average Bonchev–Trinajstić information content (AvgIpc) is 2.49. The van der Waals surface area contributed by atoms with Gasteiger partial charge in [-0.15, -0.1) is 0 Å². The van der Waals surface area contributed by atoms with E-state index in [1.165, 1.54) is 18.2 Å². The number of nitrogens with one attached hydrogen (secondary N) is 2. The second-order valence-corrected chi connectivity index (χ2v) is 5.18. The first kappa shape index (κ1) is 14.2. The number of carbonyl (C=O) groups is 1. The largest absolute Gasteiger partial charge is 0.508 e. The first-order valence-electron chi connectivity index (χ1n) is 6.46. The van der Waals surface area contributed by atoms with Gasteiger partial charge in [0.2, 0.25) is 0 Å². The second-order valence-electron chi connectivity index (χ2n) is 4.74. The van der Waals surface area contributed by atoms with Crippen molar-refractivity contribution < 1.29 is 9.90 Å². The van der Waals surface area contributed by atoms with Crippen molar-refractivity contribution in [3.8, 4) is 5.75 Å². The summed E-state index contributed by atoms with van der Waals surface area (Å²) >= 11 is 5.92. The van der Waals surface area contributed by atoms with E-state index in [1.807, 2.05) is 0 Å². The third-order valence-electron chi connectivity index (χ3n) is 3.18. The van der Waals surface area contributed by atoms with Gasteiger partial charge in [-0.1, -0.05) is 11.6 Å². The molecular weight excluding hydrogens is 304 g/mol. The third-order valence-corrected chi connectivity index (χ3v) is 3.41. The number of aromatic amines is 1. The van der Waals surface area contributed by atoms with Gasteiger partial charge in [0.05, 0.1) is 0 Å². The first-order valence-corrected chi connectivity index (χ1v) is 6.84. The number of halogens is 1. The number of aromatic hydroxyl groups is 1. The molecule has 5 nitrogen and oxygen atoms in total. The zero-order valence-corrected chi connectivity index (χ0v) is 12.0. The van der Waals surface area contributed by atoms with Crippen LogP contribution in [0.5, 0.6) is 5.75 Å². The maximum absolute atomic E-state index is 12.2. The molecule has 0 saturated heterocycles. The van der Waals surface area contributed by atoms with Gasteiger partial charge in [-0.25, -0.2) is 0 Å². The predicted octanol–water partition coefficient (Wildman–Crippen LogP) is 3.14. The summed E-state index contributed by atoms with van der Waals surface area (Å²) in [4.78, 5) is 26.9. The van der Waals surface area contributed by atoms with E-state index >= 15 is 0 Å². The van der Waals surface area contributed by atoms with Gasteiger partial charge in [0.25, 0.3) is 11.5 Å². The number of hydrogen-bond donors (Lipinski definition) is 3. The number of anilines is 1. The highest BCUT2D eigenvalue weighted by molar-refractivity contribution is 6.31. The zero-order chi connectivity index (χ0) is 15.7. The Morgan fingerprint density at radius 3 is 2.55 bits per heavy atom. The van der Waals surface area contributed by atoms with Gasteiger partial charge in [-0.2, -0.15) is 0 Å². The summed E-state index contributed by atoms with van der Waals surface area (Å²) in [6.07, 6.45) is 0. The lowest BCUT2D eigenvalue weighted by atomic mass is 10.1. The van der Waals surface area contributed by atoms with Crippen LogP contribution in [0.1, 0.15) is 10.4 Å². The standard InChI is InChI=1S/C16H11ClN2O3/c17-10-1-6-14-9(7-10)8-13(16(22)19-14)15(21)18-11-2-4-12(20)5-3-11/h1-8,20H,(H,18,21)(H,19,22). The minimum absolute atomic E-state index is 0.0113. The van der Waals surface area contributed by atoms with Crippen LogP contribution in [0, 0.1) is 0 Å². The van der Waals surface area contributed by atoms with Gasteiger partial charge in [-0.05, 0) is 48.5 Å². The molecule has 3 N–H and O–H groups in total. The number of rotatable bonds is 2. The maximum Gasteiger partial charge on any atom is 0.261 e. The second kappa shape index (κ2) is 5.54. The third kappa shape index (κ3) is 2.80. The van der Waals surface area contributed by atoms with Gasteiger partial charge in [0.15, 0.2) is 0 Å². The van der Waals surface area contributed by atoms with Crippen LogP contribution in [-0.2, 0) is 0 Å². The van der Waals surface area contributed by atoms with Crippen molar-refractivity contribution in [3.05, 3.63) is 69.5 Å². The summed E-state index contributed by atoms with van der Waals surface area (Å²) in [5.41, 5.74) is 0.595. The topological polar surface area (TPSA) is 82.2 Å². The molecule has 1 heterocycles. The van der Waals surface area contributed by atoms with Crippen LogP contribution in [0.15, 0.2) is 53.3 Å². The highest BCUT2D eigenvalue weighted by Crippen LogP contribution is 2.18. The molecule has 0 aliphatic rings. The molecule has 3 aromatic rings. The Bertz CT molecular complexity index is 917. The van der Waals surface area contributed by atoms with Crippen LogP contribution in [0.3, 0.4) is 0 Å². The molecule has 0 aliphatic carbocycles. The van der Waals surface area contributed by atoms with E-state index in [9.17, 15) is 14.7 Å². The quantitative estimate of drug-likeness (QED) is 0.635. The number of fused-ring (bicyclic) bond motifs is 1. The fraction of sp³-hybridized carbons (Fsp3) is 0. The molecule has 1 aromatic heterocycles. The molecule has 0 spiro atoms. The van der Waals surface area contributed by atoms with Crippen LogP contribution < -0.4 is 10.9 Å². The average molecular weight is 315 g/mol. The highest BCUT2D eigenvalue weighted by atomic mass is 35.5. The lowest BCUT2D eigenvalue weighted by Crippen LogP contribution is -2.22. The van der Waals surface area contributed by atoms with E-state index in [4.69, 9.17) is 11.6 Å². The van der Waals surface area contributed by atoms with E-state index in [1.54, 1.807) is 30.3 Å². The molecule has 0 unspecified atom stereocenters. The molecule has 0 atom stereocenters. The molecule has 0 radical (unpaired) electrons. The molecule has 3 rings (SSSR count). The lowest BCUT2D eigenvalue weighted by Gasteiger charge is -2.06. The molecule has 22 heavy (non-hydrogen) atoms. The summed E-state index contributed by atoms with van der Waals surface area (Å²) < 4.78 is 0. The van der Waals surface area contributed by atoms with E-state index < -0.39 is 11.5 Å². The number of pyridine rings is 1. The summed E-state index contributed by atoms with van der Waals surface area (Å²) in [6.45, 7) is 0. The van der Waals surface area contributed by atoms with Crippen molar-refractivity contribution in [2.45, 2.75) is 0 Å².